The first-order chi connectivity index (χ1) is 12.7. The van der Waals surface area contributed by atoms with Gasteiger partial charge in [0, 0.05) is 57.1 Å². The average molecular weight is 378 g/mol. The van der Waals surface area contributed by atoms with Crippen LogP contribution in [0, 0.1) is 6.92 Å². The molecule has 8 nitrogen and oxygen atoms in total. The summed E-state index contributed by atoms with van der Waals surface area (Å²) in [4.78, 5) is 22.1. The number of nitrogens with one attached hydrogen (secondary N) is 2. The third-order valence-corrected chi connectivity index (χ3v) is 5.37. The molecule has 0 saturated heterocycles. The van der Waals surface area contributed by atoms with Gasteiger partial charge in [0.15, 0.2) is 5.96 Å². The molecule has 3 heterocycles. The van der Waals surface area contributed by atoms with Gasteiger partial charge in [0.25, 0.3) is 0 Å². The van der Waals surface area contributed by atoms with Crippen LogP contribution in [0.4, 0.5) is 0 Å². The molecule has 2 N–H and O–H groups in total. The number of fused-ring (bicyclic) bond motifs is 1. The second-order valence-corrected chi connectivity index (χ2v) is 7.74. The predicted molar refractivity (Wildman–Crippen MR) is 104 cm³/mol. The van der Waals surface area contributed by atoms with Crippen LogP contribution >= 0.6 is 11.3 Å². The van der Waals surface area contributed by atoms with E-state index in [0.29, 0.717) is 6.54 Å². The second-order valence-electron chi connectivity index (χ2n) is 6.42. The Hall–Kier alpha value is -2.16. The number of hydrogen-bond acceptors (Lipinski definition) is 5. The van der Waals surface area contributed by atoms with E-state index in [1.165, 1.54) is 4.88 Å². The molecular formula is C17H27N7OS. The van der Waals surface area contributed by atoms with E-state index < -0.39 is 0 Å². The molecule has 0 fully saturated rings. The molecule has 0 radical (unpaired) electrons. The van der Waals surface area contributed by atoms with Crippen LogP contribution in [-0.4, -0.2) is 45.4 Å². The van der Waals surface area contributed by atoms with Crippen molar-refractivity contribution in [2.45, 2.75) is 52.1 Å². The van der Waals surface area contributed by atoms with Gasteiger partial charge in [-0.15, -0.1) is 11.3 Å². The number of rotatable bonds is 7. The number of aliphatic imine (C=N–C) groups is 1. The van der Waals surface area contributed by atoms with Crippen LogP contribution in [0.15, 0.2) is 16.0 Å². The summed E-state index contributed by atoms with van der Waals surface area (Å²) in [7, 11) is 1.76. The van der Waals surface area contributed by atoms with Crippen molar-refractivity contribution in [3.05, 3.63) is 32.4 Å². The number of hydrogen-bond donors (Lipinski definition) is 2. The monoisotopic (exact) mass is 377 g/mol. The summed E-state index contributed by atoms with van der Waals surface area (Å²) in [6, 6.07) is 0. The van der Waals surface area contributed by atoms with E-state index in [2.05, 4.69) is 32.6 Å². The van der Waals surface area contributed by atoms with E-state index in [-0.39, 0.29) is 5.69 Å². The summed E-state index contributed by atoms with van der Waals surface area (Å²) in [5, 5.41) is 12.2. The van der Waals surface area contributed by atoms with Gasteiger partial charge in [-0.1, -0.05) is 0 Å². The number of aromatic nitrogens is 4. The Balaban J connectivity index is 1.38. The van der Waals surface area contributed by atoms with Gasteiger partial charge in [-0.05, 0) is 26.2 Å². The molecule has 0 spiro atoms. The molecule has 0 bridgehead atoms. The molecule has 1 aliphatic rings. The van der Waals surface area contributed by atoms with E-state index in [9.17, 15) is 4.79 Å². The molecule has 0 aromatic carbocycles. The first kappa shape index (κ1) is 18.6. The van der Waals surface area contributed by atoms with Gasteiger partial charge in [0.05, 0.1) is 5.01 Å². The van der Waals surface area contributed by atoms with Crippen LogP contribution in [0.3, 0.4) is 0 Å². The largest absolute Gasteiger partial charge is 0.356 e. The number of thiazole rings is 1. The van der Waals surface area contributed by atoms with Crippen molar-refractivity contribution in [2.24, 2.45) is 4.99 Å². The van der Waals surface area contributed by atoms with E-state index in [4.69, 9.17) is 0 Å². The van der Waals surface area contributed by atoms with Crippen molar-refractivity contribution in [3.63, 3.8) is 0 Å². The predicted octanol–water partition coefficient (Wildman–Crippen LogP) is 0.944. The van der Waals surface area contributed by atoms with E-state index in [1.54, 1.807) is 23.1 Å². The highest BCUT2D eigenvalue weighted by molar-refractivity contribution is 7.11. The number of aryl methyl sites for hydroxylation is 3. The summed E-state index contributed by atoms with van der Waals surface area (Å²) in [6.45, 7) is 5.03. The molecule has 142 valence electrons. The Morgan fingerprint density at radius 1 is 1.35 bits per heavy atom. The topological polar surface area (TPSA) is 89.1 Å². The zero-order chi connectivity index (χ0) is 18.4. The minimum atomic E-state index is 0.0287. The molecule has 9 heteroatoms. The Morgan fingerprint density at radius 2 is 2.19 bits per heavy atom. The highest BCUT2D eigenvalue weighted by atomic mass is 32.1. The lowest BCUT2D eigenvalue weighted by molar-refractivity contribution is 0.509. The highest BCUT2D eigenvalue weighted by Crippen LogP contribution is 2.11. The fourth-order valence-corrected chi connectivity index (χ4v) is 3.84. The molecule has 2 aromatic heterocycles. The summed E-state index contributed by atoms with van der Waals surface area (Å²) >= 11 is 1.73. The lowest BCUT2D eigenvalue weighted by atomic mass is 10.2. The average Bonchev–Trinajstić information content (AvgIpc) is 3.21. The molecule has 0 saturated carbocycles. The maximum Gasteiger partial charge on any atom is 0.345 e. The van der Waals surface area contributed by atoms with Crippen LogP contribution in [0.2, 0.25) is 0 Å². The first-order valence-electron chi connectivity index (χ1n) is 9.19. The maximum atomic E-state index is 12.3. The Bertz CT molecular complexity index is 804. The molecule has 26 heavy (non-hydrogen) atoms. The zero-order valence-corrected chi connectivity index (χ0v) is 16.3. The fraction of sp³-hybridized carbons (Fsp3) is 0.647. The SMILES string of the molecule is CN=C(NCCCn1nc2n(c1=O)CCCC2)NCCc1ncc(C)s1. The first-order valence-corrected chi connectivity index (χ1v) is 10.0. The third-order valence-electron chi connectivity index (χ3n) is 4.39. The lowest BCUT2D eigenvalue weighted by Crippen LogP contribution is -2.39. The van der Waals surface area contributed by atoms with E-state index >= 15 is 0 Å². The summed E-state index contributed by atoms with van der Waals surface area (Å²) < 4.78 is 3.42. The summed E-state index contributed by atoms with van der Waals surface area (Å²) in [6.07, 6.45) is 6.72. The lowest BCUT2D eigenvalue weighted by Gasteiger charge is -2.11. The fourth-order valence-electron chi connectivity index (χ4n) is 3.06. The molecule has 0 aliphatic carbocycles. The van der Waals surface area contributed by atoms with Crippen molar-refractivity contribution in [2.75, 3.05) is 20.1 Å². The normalized spacial score (nSPS) is 14.3. The zero-order valence-electron chi connectivity index (χ0n) is 15.5. The van der Waals surface area contributed by atoms with Crippen LogP contribution in [0.1, 0.15) is 35.0 Å². The minimum absolute atomic E-state index is 0.0287. The van der Waals surface area contributed by atoms with Crippen LogP contribution in [0.25, 0.3) is 0 Å². The van der Waals surface area contributed by atoms with Gasteiger partial charge in [-0.2, -0.15) is 5.10 Å². The molecule has 1 aliphatic heterocycles. The second kappa shape index (κ2) is 8.98. The van der Waals surface area contributed by atoms with Crippen molar-refractivity contribution in [1.29, 1.82) is 0 Å². The molecular weight excluding hydrogens is 350 g/mol. The van der Waals surface area contributed by atoms with Gasteiger partial charge in [-0.25, -0.2) is 14.5 Å². The van der Waals surface area contributed by atoms with Crippen molar-refractivity contribution >= 4 is 17.3 Å². The quantitative estimate of drug-likeness (QED) is 0.426. The van der Waals surface area contributed by atoms with Crippen molar-refractivity contribution < 1.29 is 0 Å². The molecule has 2 aromatic rings. The van der Waals surface area contributed by atoms with Crippen LogP contribution < -0.4 is 16.3 Å². The van der Waals surface area contributed by atoms with Gasteiger partial charge >= 0.3 is 5.69 Å². The van der Waals surface area contributed by atoms with Gasteiger partial charge in [0.1, 0.15) is 5.82 Å². The van der Waals surface area contributed by atoms with E-state index in [1.807, 2.05) is 10.8 Å². The molecule has 3 rings (SSSR count). The summed E-state index contributed by atoms with van der Waals surface area (Å²) in [5.41, 5.74) is 0.0287. The number of guanidine groups is 1. The molecule has 0 atom stereocenters. The maximum absolute atomic E-state index is 12.3. The third kappa shape index (κ3) is 4.72. The van der Waals surface area contributed by atoms with Gasteiger partial charge in [-0.3, -0.25) is 9.56 Å². The van der Waals surface area contributed by atoms with Gasteiger partial charge < -0.3 is 10.6 Å². The Labute approximate surface area is 157 Å². The van der Waals surface area contributed by atoms with Crippen molar-refractivity contribution in [3.8, 4) is 0 Å². The van der Waals surface area contributed by atoms with Gasteiger partial charge in [0.2, 0.25) is 0 Å². The summed E-state index contributed by atoms with van der Waals surface area (Å²) in [5.74, 6) is 1.71. The van der Waals surface area contributed by atoms with E-state index in [0.717, 1.165) is 68.5 Å². The van der Waals surface area contributed by atoms with Crippen molar-refractivity contribution in [1.82, 2.24) is 30.0 Å². The molecule has 0 unspecified atom stereocenters. The number of nitrogens with zero attached hydrogens (tertiary/aromatic N) is 5. The smallest absolute Gasteiger partial charge is 0.345 e. The minimum Gasteiger partial charge on any atom is -0.356 e. The van der Waals surface area contributed by atoms with Crippen LogP contribution in [-0.2, 0) is 25.9 Å². The molecule has 0 amide bonds. The standard InChI is InChI=1S/C17H27N7OS/c1-13-12-21-15(26-13)7-9-20-16(18-2)19-8-5-11-24-17(25)23-10-4-3-6-14(23)22-24/h12H,3-11H2,1-2H3,(H2,18,19,20). The highest BCUT2D eigenvalue weighted by Gasteiger charge is 2.16. The van der Waals surface area contributed by atoms with Crippen LogP contribution in [0.5, 0.6) is 0 Å². The Morgan fingerprint density at radius 3 is 2.92 bits per heavy atom. The Kier molecular flexibility index (Phi) is 6.43.